The van der Waals surface area contributed by atoms with Crippen molar-refractivity contribution >= 4 is 29.1 Å². The average Bonchev–Trinajstić information content (AvgIpc) is 2.87. The van der Waals surface area contributed by atoms with Gasteiger partial charge in [0.2, 0.25) is 0 Å². The number of aryl methyl sites for hydroxylation is 1. The largest absolute Gasteiger partial charge is 0.458 e. The van der Waals surface area contributed by atoms with Crippen molar-refractivity contribution in [2.75, 3.05) is 4.90 Å². The van der Waals surface area contributed by atoms with E-state index in [-0.39, 0.29) is 27.5 Å². The number of benzene rings is 3. The van der Waals surface area contributed by atoms with E-state index in [1.54, 1.807) is 48.5 Å². The van der Waals surface area contributed by atoms with Crippen LogP contribution in [0, 0.1) is 6.92 Å². The SMILES string of the molecule is Cc1ccc(N(C(=O)c2ccccc2Cl)C(C(=O)NC(C)(C)C)c2cc(=O)cc(-c3ccccc3)o2)cc1. The number of nitrogens with one attached hydrogen (secondary N) is 1. The highest BCUT2D eigenvalue weighted by molar-refractivity contribution is 6.34. The van der Waals surface area contributed by atoms with E-state index in [1.165, 1.54) is 17.0 Å². The summed E-state index contributed by atoms with van der Waals surface area (Å²) < 4.78 is 6.20. The number of hydrogen-bond acceptors (Lipinski definition) is 4. The molecule has 4 aromatic rings. The summed E-state index contributed by atoms with van der Waals surface area (Å²) >= 11 is 6.42. The molecule has 1 atom stereocenters. The Kier molecular flexibility index (Phi) is 7.83. The Morgan fingerprint density at radius 1 is 0.895 bits per heavy atom. The van der Waals surface area contributed by atoms with Gasteiger partial charge in [-0.2, -0.15) is 0 Å². The van der Waals surface area contributed by atoms with Crippen LogP contribution in [0.5, 0.6) is 0 Å². The first-order valence-corrected chi connectivity index (χ1v) is 12.6. The Morgan fingerprint density at radius 2 is 1.53 bits per heavy atom. The number of carbonyl (C=O) groups is 2. The van der Waals surface area contributed by atoms with Gasteiger partial charge < -0.3 is 9.73 Å². The molecule has 0 spiro atoms. The van der Waals surface area contributed by atoms with E-state index < -0.39 is 23.4 Å². The maximum atomic E-state index is 14.1. The Bertz CT molecular complexity index is 1510. The number of amides is 2. The summed E-state index contributed by atoms with van der Waals surface area (Å²) in [5, 5.41) is 3.19. The van der Waals surface area contributed by atoms with E-state index in [2.05, 4.69) is 5.32 Å². The molecule has 4 rings (SSSR count). The minimum Gasteiger partial charge on any atom is -0.458 e. The minimum absolute atomic E-state index is 0.0269. The molecule has 2 amide bonds. The van der Waals surface area contributed by atoms with E-state index >= 15 is 0 Å². The van der Waals surface area contributed by atoms with Gasteiger partial charge in [-0.25, -0.2) is 0 Å². The molecule has 3 aromatic carbocycles. The molecule has 1 heterocycles. The van der Waals surface area contributed by atoms with Gasteiger partial charge in [0.25, 0.3) is 11.8 Å². The number of carbonyl (C=O) groups excluding carboxylic acids is 2. The third kappa shape index (κ3) is 6.21. The zero-order chi connectivity index (χ0) is 27.4. The first-order valence-electron chi connectivity index (χ1n) is 12.2. The predicted molar refractivity (Wildman–Crippen MR) is 150 cm³/mol. The van der Waals surface area contributed by atoms with Crippen molar-refractivity contribution in [2.45, 2.75) is 39.3 Å². The van der Waals surface area contributed by atoms with Crippen LogP contribution in [0.15, 0.2) is 100 Å². The van der Waals surface area contributed by atoms with E-state index in [4.69, 9.17) is 16.0 Å². The fraction of sp³-hybridized carbons (Fsp3) is 0.194. The fourth-order valence-corrected chi connectivity index (χ4v) is 4.26. The molecule has 0 saturated carbocycles. The summed E-state index contributed by atoms with van der Waals surface area (Å²) in [4.78, 5) is 42.2. The second-order valence-electron chi connectivity index (χ2n) is 10.1. The highest BCUT2D eigenvalue weighted by Gasteiger charge is 2.37. The van der Waals surface area contributed by atoms with E-state index in [9.17, 15) is 14.4 Å². The third-order valence-electron chi connectivity index (χ3n) is 5.75. The molecule has 0 bridgehead atoms. The smallest absolute Gasteiger partial charge is 0.260 e. The van der Waals surface area contributed by atoms with Gasteiger partial charge >= 0.3 is 0 Å². The maximum absolute atomic E-state index is 14.1. The molecule has 0 aliphatic carbocycles. The minimum atomic E-state index is -1.31. The molecule has 194 valence electrons. The summed E-state index contributed by atoms with van der Waals surface area (Å²) in [5.74, 6) is -0.706. The standard InChI is InChI=1S/C31H29ClN2O4/c1-20-14-16-22(17-15-20)34(30(37)24-12-8-9-13-25(24)32)28(29(36)33-31(2,3)4)27-19-23(35)18-26(38-27)21-10-6-5-7-11-21/h5-19,28H,1-4H3,(H,33,36). The Balaban J connectivity index is 1.97. The van der Waals surface area contributed by atoms with Crippen molar-refractivity contribution in [1.29, 1.82) is 0 Å². The molecule has 0 saturated heterocycles. The highest BCUT2D eigenvalue weighted by Crippen LogP contribution is 2.33. The molecule has 0 aliphatic rings. The van der Waals surface area contributed by atoms with Gasteiger partial charge in [0.15, 0.2) is 11.5 Å². The summed E-state index contributed by atoms with van der Waals surface area (Å²) in [5.41, 5.74) is 1.33. The second-order valence-corrected chi connectivity index (χ2v) is 10.5. The molecule has 6 nitrogen and oxygen atoms in total. The van der Waals surface area contributed by atoms with Crippen molar-refractivity contribution in [3.05, 3.63) is 123 Å². The Morgan fingerprint density at radius 3 is 2.16 bits per heavy atom. The van der Waals surface area contributed by atoms with Crippen LogP contribution >= 0.6 is 11.6 Å². The number of hydrogen-bond donors (Lipinski definition) is 1. The van der Waals surface area contributed by atoms with Crippen LogP contribution in [0.4, 0.5) is 5.69 Å². The van der Waals surface area contributed by atoms with Crippen molar-refractivity contribution in [2.24, 2.45) is 0 Å². The number of halogens is 1. The molecular formula is C31H29ClN2O4. The fourth-order valence-electron chi connectivity index (χ4n) is 4.04. The molecule has 0 aliphatic heterocycles. The molecular weight excluding hydrogens is 500 g/mol. The van der Waals surface area contributed by atoms with Crippen LogP contribution in [-0.2, 0) is 4.79 Å². The molecule has 1 aromatic heterocycles. The van der Waals surface area contributed by atoms with Crippen molar-refractivity contribution in [3.8, 4) is 11.3 Å². The zero-order valence-electron chi connectivity index (χ0n) is 21.7. The van der Waals surface area contributed by atoms with E-state index in [0.29, 0.717) is 11.3 Å². The van der Waals surface area contributed by atoms with Crippen LogP contribution in [-0.4, -0.2) is 17.4 Å². The van der Waals surface area contributed by atoms with Gasteiger partial charge in [0.1, 0.15) is 11.5 Å². The number of rotatable bonds is 6. The van der Waals surface area contributed by atoms with Crippen LogP contribution in [0.2, 0.25) is 5.02 Å². The molecule has 38 heavy (non-hydrogen) atoms. The van der Waals surface area contributed by atoms with Crippen LogP contribution in [0.25, 0.3) is 11.3 Å². The lowest BCUT2D eigenvalue weighted by atomic mass is 10.0. The molecule has 1 unspecified atom stereocenters. The first kappa shape index (κ1) is 26.9. The lowest BCUT2D eigenvalue weighted by molar-refractivity contribution is -0.124. The van der Waals surface area contributed by atoms with Crippen molar-refractivity contribution in [1.82, 2.24) is 5.32 Å². The van der Waals surface area contributed by atoms with E-state index in [0.717, 1.165) is 5.56 Å². The Labute approximate surface area is 226 Å². The summed E-state index contributed by atoms with van der Waals surface area (Å²) in [6, 6.07) is 24.2. The monoisotopic (exact) mass is 528 g/mol. The third-order valence-corrected chi connectivity index (χ3v) is 6.08. The molecule has 1 N–H and O–H groups in total. The lowest BCUT2D eigenvalue weighted by Crippen LogP contribution is -2.49. The molecule has 7 heteroatoms. The van der Waals surface area contributed by atoms with Crippen molar-refractivity contribution in [3.63, 3.8) is 0 Å². The molecule has 0 radical (unpaired) electrons. The first-order chi connectivity index (χ1) is 18.0. The summed E-state index contributed by atoms with van der Waals surface area (Å²) in [7, 11) is 0. The van der Waals surface area contributed by atoms with Crippen LogP contribution in [0.1, 0.15) is 48.5 Å². The maximum Gasteiger partial charge on any atom is 0.260 e. The van der Waals surface area contributed by atoms with Gasteiger partial charge in [-0.05, 0) is 52.0 Å². The average molecular weight is 529 g/mol. The molecule has 0 fully saturated rings. The number of nitrogens with zero attached hydrogens (tertiary/aromatic N) is 1. The number of anilines is 1. The van der Waals surface area contributed by atoms with Crippen LogP contribution < -0.4 is 15.6 Å². The normalized spacial score (nSPS) is 12.0. The van der Waals surface area contributed by atoms with E-state index in [1.807, 2.05) is 58.0 Å². The van der Waals surface area contributed by atoms with Gasteiger partial charge in [-0.1, -0.05) is 71.8 Å². The summed E-state index contributed by atoms with van der Waals surface area (Å²) in [6.45, 7) is 7.44. The quantitative estimate of drug-likeness (QED) is 0.307. The topological polar surface area (TPSA) is 79.6 Å². The van der Waals surface area contributed by atoms with Gasteiger partial charge in [-0.15, -0.1) is 0 Å². The second kappa shape index (κ2) is 11.1. The summed E-state index contributed by atoms with van der Waals surface area (Å²) in [6.07, 6.45) is 0. The van der Waals surface area contributed by atoms with Gasteiger partial charge in [-0.3, -0.25) is 19.3 Å². The van der Waals surface area contributed by atoms with Crippen LogP contribution in [0.3, 0.4) is 0 Å². The lowest BCUT2D eigenvalue weighted by Gasteiger charge is -2.33. The Hall–Kier alpha value is -4.16. The highest BCUT2D eigenvalue weighted by atomic mass is 35.5. The van der Waals surface area contributed by atoms with Gasteiger partial charge in [0, 0.05) is 28.9 Å². The predicted octanol–water partition coefficient (Wildman–Crippen LogP) is 6.57. The zero-order valence-corrected chi connectivity index (χ0v) is 22.5. The van der Waals surface area contributed by atoms with Crippen molar-refractivity contribution < 1.29 is 14.0 Å². The van der Waals surface area contributed by atoms with Gasteiger partial charge in [0.05, 0.1) is 10.6 Å².